The van der Waals surface area contributed by atoms with Gasteiger partial charge in [0.15, 0.2) is 0 Å². The highest BCUT2D eigenvalue weighted by molar-refractivity contribution is 7.99. The number of hydrogen-bond acceptors (Lipinski definition) is 2. The van der Waals surface area contributed by atoms with Crippen LogP contribution in [0.3, 0.4) is 0 Å². The third-order valence-electron chi connectivity index (χ3n) is 2.56. The molecule has 0 aliphatic rings. The average Bonchev–Trinajstić information content (AvgIpc) is 2.14. The zero-order valence-corrected chi connectivity index (χ0v) is 10.1. The molecule has 0 amide bonds. The zero-order chi connectivity index (χ0) is 10.1. The van der Waals surface area contributed by atoms with E-state index >= 15 is 0 Å². The molecule has 0 aromatic rings. The van der Waals surface area contributed by atoms with Crippen molar-refractivity contribution in [3.05, 3.63) is 0 Å². The molecule has 1 atom stereocenters. The second kappa shape index (κ2) is 8.89. The van der Waals surface area contributed by atoms with Crippen molar-refractivity contribution in [3.63, 3.8) is 0 Å². The largest absolute Gasteiger partial charge is 0.393 e. The topological polar surface area (TPSA) is 20.2 Å². The van der Waals surface area contributed by atoms with E-state index in [9.17, 15) is 5.11 Å². The Labute approximate surface area is 87.3 Å². The summed E-state index contributed by atoms with van der Waals surface area (Å²) in [5, 5.41) is 9.70. The van der Waals surface area contributed by atoms with Crippen LogP contribution < -0.4 is 0 Å². The maximum Gasteiger partial charge on any atom is 0.0550 e. The van der Waals surface area contributed by atoms with Gasteiger partial charge < -0.3 is 5.11 Å². The summed E-state index contributed by atoms with van der Waals surface area (Å²) in [4.78, 5) is 0. The third kappa shape index (κ3) is 7.39. The minimum atomic E-state index is -0.0658. The summed E-state index contributed by atoms with van der Waals surface area (Å²) < 4.78 is 0. The van der Waals surface area contributed by atoms with Gasteiger partial charge in [0.1, 0.15) is 0 Å². The molecule has 0 rings (SSSR count). The normalized spacial score (nSPS) is 13.6. The van der Waals surface area contributed by atoms with Crippen LogP contribution in [0.15, 0.2) is 0 Å². The number of rotatable bonds is 8. The first kappa shape index (κ1) is 13.3. The molecule has 0 aromatic heterocycles. The molecular weight excluding hydrogens is 180 g/mol. The van der Waals surface area contributed by atoms with Crippen molar-refractivity contribution in [1.82, 2.24) is 0 Å². The molecular formula is C11H24OS. The number of thioether (sulfide) groups is 1. The summed E-state index contributed by atoms with van der Waals surface area (Å²) in [6, 6.07) is 0. The van der Waals surface area contributed by atoms with Crippen LogP contribution >= 0.6 is 11.8 Å². The van der Waals surface area contributed by atoms with Crippen LogP contribution in [0.1, 0.15) is 46.5 Å². The Bertz CT molecular complexity index is 102. The summed E-state index contributed by atoms with van der Waals surface area (Å²) in [6.07, 6.45) is 4.30. The summed E-state index contributed by atoms with van der Waals surface area (Å²) in [5.74, 6) is 3.00. The predicted octanol–water partition coefficient (Wildman–Crippen LogP) is 3.32. The van der Waals surface area contributed by atoms with Gasteiger partial charge in [0.25, 0.3) is 0 Å². The first-order valence-electron chi connectivity index (χ1n) is 5.50. The Morgan fingerprint density at radius 2 is 1.77 bits per heavy atom. The Hall–Kier alpha value is 0.310. The lowest BCUT2D eigenvalue weighted by atomic mass is 9.95. The van der Waals surface area contributed by atoms with Crippen molar-refractivity contribution < 1.29 is 5.11 Å². The van der Waals surface area contributed by atoms with Crippen LogP contribution in [0.25, 0.3) is 0 Å². The average molecular weight is 204 g/mol. The van der Waals surface area contributed by atoms with Crippen molar-refractivity contribution in [2.75, 3.05) is 11.5 Å². The van der Waals surface area contributed by atoms with Gasteiger partial charge in [-0.15, -0.1) is 0 Å². The van der Waals surface area contributed by atoms with Crippen LogP contribution in [-0.4, -0.2) is 22.7 Å². The van der Waals surface area contributed by atoms with E-state index in [0.717, 1.165) is 30.3 Å². The van der Waals surface area contributed by atoms with E-state index in [-0.39, 0.29) is 6.10 Å². The molecule has 0 radical (unpaired) electrons. The molecule has 80 valence electrons. The second-order valence-electron chi connectivity index (χ2n) is 3.56. The van der Waals surface area contributed by atoms with Gasteiger partial charge in [-0.1, -0.05) is 33.6 Å². The molecule has 0 aromatic carbocycles. The van der Waals surface area contributed by atoms with E-state index in [1.54, 1.807) is 0 Å². The van der Waals surface area contributed by atoms with Crippen molar-refractivity contribution in [1.29, 1.82) is 0 Å². The third-order valence-corrected chi connectivity index (χ3v) is 3.49. The van der Waals surface area contributed by atoms with Crippen molar-refractivity contribution in [2.24, 2.45) is 5.92 Å². The lowest BCUT2D eigenvalue weighted by Crippen LogP contribution is -2.13. The molecule has 13 heavy (non-hydrogen) atoms. The molecule has 1 nitrogen and oxygen atoms in total. The van der Waals surface area contributed by atoms with Gasteiger partial charge in [-0.2, -0.15) is 11.8 Å². The van der Waals surface area contributed by atoms with E-state index in [2.05, 4.69) is 20.8 Å². The molecule has 2 heteroatoms. The summed E-state index contributed by atoms with van der Waals surface area (Å²) >= 11 is 1.92. The van der Waals surface area contributed by atoms with Gasteiger partial charge in [0, 0.05) is 0 Å². The lowest BCUT2D eigenvalue weighted by molar-refractivity contribution is 0.136. The van der Waals surface area contributed by atoms with Crippen LogP contribution in [0.5, 0.6) is 0 Å². The van der Waals surface area contributed by atoms with E-state index in [1.807, 2.05) is 11.8 Å². The smallest absolute Gasteiger partial charge is 0.0550 e. The number of aliphatic hydroxyl groups is 1. The molecule has 0 saturated carbocycles. The number of aliphatic hydroxyl groups excluding tert-OH is 1. The fourth-order valence-electron chi connectivity index (χ4n) is 1.49. The Kier molecular flexibility index (Phi) is 9.10. The van der Waals surface area contributed by atoms with E-state index in [1.165, 1.54) is 12.8 Å². The number of hydrogen-bond donors (Lipinski definition) is 1. The standard InChI is InChI=1S/C11H24OS/c1-4-10(5-2)9-11(12)7-8-13-6-3/h10-12H,4-9H2,1-3H3. The Morgan fingerprint density at radius 1 is 1.15 bits per heavy atom. The van der Waals surface area contributed by atoms with Crippen molar-refractivity contribution in [3.8, 4) is 0 Å². The highest BCUT2D eigenvalue weighted by Crippen LogP contribution is 2.17. The highest BCUT2D eigenvalue weighted by Gasteiger charge is 2.10. The molecule has 1 unspecified atom stereocenters. The quantitative estimate of drug-likeness (QED) is 0.612. The monoisotopic (exact) mass is 204 g/mol. The summed E-state index contributed by atoms with van der Waals surface area (Å²) in [7, 11) is 0. The molecule has 0 aliphatic heterocycles. The maximum absolute atomic E-state index is 9.70. The first-order chi connectivity index (χ1) is 6.24. The van der Waals surface area contributed by atoms with E-state index < -0.39 is 0 Å². The molecule has 0 aliphatic carbocycles. The zero-order valence-electron chi connectivity index (χ0n) is 9.25. The predicted molar refractivity (Wildman–Crippen MR) is 62.3 cm³/mol. The van der Waals surface area contributed by atoms with E-state index in [4.69, 9.17) is 0 Å². The fraction of sp³-hybridized carbons (Fsp3) is 1.00. The molecule has 0 saturated heterocycles. The van der Waals surface area contributed by atoms with Gasteiger partial charge >= 0.3 is 0 Å². The molecule has 0 spiro atoms. The Balaban J connectivity index is 3.42. The highest BCUT2D eigenvalue weighted by atomic mass is 32.2. The van der Waals surface area contributed by atoms with Gasteiger partial charge in [-0.25, -0.2) is 0 Å². The second-order valence-corrected chi connectivity index (χ2v) is 4.95. The van der Waals surface area contributed by atoms with Gasteiger partial charge in [-0.05, 0) is 30.3 Å². The van der Waals surface area contributed by atoms with Gasteiger partial charge in [0.2, 0.25) is 0 Å². The molecule has 0 fully saturated rings. The lowest BCUT2D eigenvalue weighted by Gasteiger charge is -2.16. The van der Waals surface area contributed by atoms with Crippen LogP contribution in [0, 0.1) is 5.92 Å². The van der Waals surface area contributed by atoms with Crippen LogP contribution in [0.2, 0.25) is 0 Å². The minimum Gasteiger partial charge on any atom is -0.393 e. The van der Waals surface area contributed by atoms with Crippen LogP contribution in [0.4, 0.5) is 0 Å². The maximum atomic E-state index is 9.70. The van der Waals surface area contributed by atoms with Crippen molar-refractivity contribution in [2.45, 2.75) is 52.6 Å². The van der Waals surface area contributed by atoms with E-state index in [0.29, 0.717) is 0 Å². The van der Waals surface area contributed by atoms with Gasteiger partial charge in [0.05, 0.1) is 6.10 Å². The summed E-state index contributed by atoms with van der Waals surface area (Å²) in [5.41, 5.74) is 0. The summed E-state index contributed by atoms with van der Waals surface area (Å²) in [6.45, 7) is 6.58. The molecule has 0 bridgehead atoms. The van der Waals surface area contributed by atoms with Gasteiger partial charge in [-0.3, -0.25) is 0 Å². The minimum absolute atomic E-state index is 0.0658. The molecule has 1 N–H and O–H groups in total. The molecule has 0 heterocycles. The SMILES string of the molecule is CCSCCC(O)CC(CC)CC. The first-order valence-corrected chi connectivity index (χ1v) is 6.65. The van der Waals surface area contributed by atoms with Crippen molar-refractivity contribution >= 4 is 11.8 Å². The Morgan fingerprint density at radius 3 is 2.23 bits per heavy atom. The van der Waals surface area contributed by atoms with Crippen LogP contribution in [-0.2, 0) is 0 Å². The fourth-order valence-corrected chi connectivity index (χ4v) is 2.22.